The van der Waals surface area contributed by atoms with Crippen molar-refractivity contribution in [2.75, 3.05) is 12.8 Å². The lowest BCUT2D eigenvalue weighted by Gasteiger charge is -2.16. The molecule has 1 aromatic rings. The fourth-order valence-electron chi connectivity index (χ4n) is 1.40. The Labute approximate surface area is 106 Å². The number of nitrogens with two attached hydrogens (primary N) is 1. The molecule has 0 saturated carbocycles. The molecular weight excluding hydrogens is 263 g/mol. The number of nitrogens with zero attached hydrogens (tertiary/aromatic N) is 1. The molecule has 0 aromatic heterocycles. The number of aliphatic hydroxyl groups excluding tert-OH is 2. The number of anilines is 1. The van der Waals surface area contributed by atoms with Gasteiger partial charge in [0.15, 0.2) is 6.10 Å². The summed E-state index contributed by atoms with van der Waals surface area (Å²) < 4.78 is 17.7. The van der Waals surface area contributed by atoms with Crippen LogP contribution in [0.25, 0.3) is 0 Å². The van der Waals surface area contributed by atoms with E-state index in [1.54, 1.807) is 0 Å². The van der Waals surface area contributed by atoms with Gasteiger partial charge in [0, 0.05) is 17.7 Å². The van der Waals surface area contributed by atoms with Crippen LogP contribution in [-0.4, -0.2) is 34.3 Å². The molecule has 0 fully saturated rings. The number of nitro benzene ring substituents is 1. The van der Waals surface area contributed by atoms with Gasteiger partial charge in [0.25, 0.3) is 5.69 Å². The summed E-state index contributed by atoms with van der Waals surface area (Å²) in [6.07, 6.45) is -4.07. The van der Waals surface area contributed by atoms with Gasteiger partial charge in [-0.1, -0.05) is 0 Å². The Hall–Kier alpha value is -2.26. The van der Waals surface area contributed by atoms with E-state index in [0.29, 0.717) is 12.1 Å². The van der Waals surface area contributed by atoms with Gasteiger partial charge in [0.2, 0.25) is 0 Å². The summed E-state index contributed by atoms with van der Waals surface area (Å²) in [7, 11) is 0.958. The Morgan fingerprint density at radius 2 is 2.11 bits per heavy atom. The number of hydrogen-bond donors (Lipinski definition) is 3. The Bertz CT molecular complexity index is 521. The smallest absolute Gasteiger partial charge is 0.337 e. The van der Waals surface area contributed by atoms with Crippen molar-refractivity contribution in [3.63, 3.8) is 0 Å². The highest BCUT2D eigenvalue weighted by Gasteiger charge is 2.30. The van der Waals surface area contributed by atoms with Crippen molar-refractivity contribution in [1.29, 1.82) is 0 Å². The third-order valence-electron chi connectivity index (χ3n) is 2.40. The number of rotatable bonds is 4. The zero-order valence-corrected chi connectivity index (χ0v) is 9.74. The van der Waals surface area contributed by atoms with Crippen molar-refractivity contribution in [3.8, 4) is 0 Å². The number of hydrogen-bond acceptors (Lipinski definition) is 7. The SMILES string of the molecule is COC(=O)C(O)C(O)c1cc([N+](=O)[O-])c(N)cc1F. The molecule has 0 aliphatic carbocycles. The largest absolute Gasteiger partial charge is 0.467 e. The molecule has 1 aromatic carbocycles. The normalized spacial score (nSPS) is 13.7. The lowest BCUT2D eigenvalue weighted by molar-refractivity contribution is -0.384. The molecule has 2 atom stereocenters. The molecule has 9 heteroatoms. The molecule has 0 radical (unpaired) electrons. The summed E-state index contributed by atoms with van der Waals surface area (Å²) in [5.74, 6) is -2.29. The van der Waals surface area contributed by atoms with E-state index in [9.17, 15) is 29.5 Å². The van der Waals surface area contributed by atoms with Crippen LogP contribution in [-0.2, 0) is 9.53 Å². The highest BCUT2D eigenvalue weighted by molar-refractivity contribution is 5.75. The van der Waals surface area contributed by atoms with Crippen LogP contribution in [0, 0.1) is 15.9 Å². The van der Waals surface area contributed by atoms with Gasteiger partial charge in [-0.2, -0.15) is 0 Å². The first kappa shape index (κ1) is 14.8. The monoisotopic (exact) mass is 274 g/mol. The van der Waals surface area contributed by atoms with Gasteiger partial charge in [-0.25, -0.2) is 9.18 Å². The van der Waals surface area contributed by atoms with E-state index in [0.717, 1.165) is 7.11 Å². The zero-order chi connectivity index (χ0) is 14.7. The molecule has 4 N–H and O–H groups in total. The fraction of sp³-hybridized carbons (Fsp3) is 0.300. The van der Waals surface area contributed by atoms with Crippen LogP contribution in [0.3, 0.4) is 0 Å². The minimum absolute atomic E-state index is 0.439. The number of benzene rings is 1. The molecule has 8 nitrogen and oxygen atoms in total. The van der Waals surface area contributed by atoms with E-state index >= 15 is 0 Å². The lowest BCUT2D eigenvalue weighted by Crippen LogP contribution is -2.29. The van der Waals surface area contributed by atoms with E-state index < -0.39 is 45.9 Å². The molecule has 0 aliphatic heterocycles. The molecule has 0 amide bonds. The average Bonchev–Trinajstić information content (AvgIpc) is 2.35. The quantitative estimate of drug-likeness (QED) is 0.301. The number of esters is 1. The third kappa shape index (κ3) is 2.95. The maximum absolute atomic E-state index is 13.5. The fourth-order valence-corrected chi connectivity index (χ4v) is 1.40. The predicted octanol–water partition coefficient (Wildman–Crippen LogP) is -0.117. The maximum atomic E-state index is 13.5. The van der Waals surface area contributed by atoms with Crippen LogP contribution in [0.15, 0.2) is 12.1 Å². The molecule has 0 bridgehead atoms. The van der Waals surface area contributed by atoms with Gasteiger partial charge in [-0.3, -0.25) is 10.1 Å². The summed E-state index contributed by atoms with van der Waals surface area (Å²) in [5, 5.41) is 29.6. The Kier molecular flexibility index (Phi) is 4.35. The first-order valence-electron chi connectivity index (χ1n) is 4.96. The summed E-state index contributed by atoms with van der Waals surface area (Å²) in [6, 6.07) is 1.28. The van der Waals surface area contributed by atoms with Gasteiger partial charge < -0.3 is 20.7 Å². The minimum atomic E-state index is -2.07. The number of nitro groups is 1. The van der Waals surface area contributed by atoms with E-state index in [1.807, 2.05) is 0 Å². The topological polar surface area (TPSA) is 136 Å². The van der Waals surface area contributed by atoms with Gasteiger partial charge >= 0.3 is 5.97 Å². The van der Waals surface area contributed by atoms with Gasteiger partial charge in [0.1, 0.15) is 17.6 Å². The maximum Gasteiger partial charge on any atom is 0.337 e. The first-order chi connectivity index (χ1) is 8.79. The molecular formula is C10H11FN2O6. The van der Waals surface area contributed by atoms with Crippen LogP contribution in [0.4, 0.5) is 15.8 Å². The highest BCUT2D eigenvalue weighted by atomic mass is 19.1. The van der Waals surface area contributed by atoms with Crippen molar-refractivity contribution in [2.45, 2.75) is 12.2 Å². The number of ether oxygens (including phenoxy) is 1. The minimum Gasteiger partial charge on any atom is -0.467 e. The molecule has 0 heterocycles. The lowest BCUT2D eigenvalue weighted by atomic mass is 10.0. The summed E-state index contributed by atoms with van der Waals surface area (Å²) in [5.41, 5.74) is 3.53. The van der Waals surface area contributed by atoms with Gasteiger partial charge in [0.05, 0.1) is 12.0 Å². The van der Waals surface area contributed by atoms with Crippen molar-refractivity contribution >= 4 is 17.3 Å². The molecule has 2 unspecified atom stereocenters. The van der Waals surface area contributed by atoms with E-state index in [2.05, 4.69) is 4.74 Å². The Balaban J connectivity index is 3.23. The molecule has 19 heavy (non-hydrogen) atoms. The zero-order valence-electron chi connectivity index (χ0n) is 9.74. The highest BCUT2D eigenvalue weighted by Crippen LogP contribution is 2.30. The molecule has 0 spiro atoms. The summed E-state index contributed by atoms with van der Waals surface area (Å²) in [6.45, 7) is 0. The molecule has 0 saturated heterocycles. The average molecular weight is 274 g/mol. The van der Waals surface area contributed by atoms with Crippen molar-refractivity contribution in [3.05, 3.63) is 33.6 Å². The van der Waals surface area contributed by atoms with Crippen molar-refractivity contribution < 1.29 is 29.1 Å². The second-order valence-corrected chi connectivity index (χ2v) is 3.60. The van der Waals surface area contributed by atoms with Crippen LogP contribution < -0.4 is 5.73 Å². The van der Waals surface area contributed by atoms with Crippen molar-refractivity contribution in [2.24, 2.45) is 0 Å². The predicted molar refractivity (Wildman–Crippen MR) is 60.4 cm³/mol. The van der Waals surface area contributed by atoms with Crippen LogP contribution >= 0.6 is 0 Å². The second kappa shape index (κ2) is 5.59. The number of nitrogen functional groups attached to an aromatic ring is 1. The van der Waals surface area contributed by atoms with Crippen LogP contribution in [0.5, 0.6) is 0 Å². The first-order valence-corrected chi connectivity index (χ1v) is 4.96. The Morgan fingerprint density at radius 3 is 2.58 bits per heavy atom. The Morgan fingerprint density at radius 1 is 1.53 bits per heavy atom. The summed E-state index contributed by atoms with van der Waals surface area (Å²) in [4.78, 5) is 20.8. The van der Waals surface area contributed by atoms with Gasteiger partial charge in [-0.15, -0.1) is 0 Å². The third-order valence-corrected chi connectivity index (χ3v) is 2.40. The van der Waals surface area contributed by atoms with E-state index in [-0.39, 0.29) is 0 Å². The summed E-state index contributed by atoms with van der Waals surface area (Å²) >= 11 is 0. The molecule has 0 aliphatic rings. The van der Waals surface area contributed by atoms with Gasteiger partial charge in [-0.05, 0) is 0 Å². The number of carbonyl (C=O) groups excluding carboxylic acids is 1. The molecule has 104 valence electrons. The van der Waals surface area contributed by atoms with Crippen LogP contribution in [0.2, 0.25) is 0 Å². The number of methoxy groups -OCH3 is 1. The number of halogens is 1. The second-order valence-electron chi connectivity index (χ2n) is 3.60. The van der Waals surface area contributed by atoms with E-state index in [4.69, 9.17) is 5.73 Å². The van der Waals surface area contributed by atoms with Crippen molar-refractivity contribution in [1.82, 2.24) is 0 Å². The number of carbonyl (C=O) groups is 1. The molecule has 1 rings (SSSR count). The van der Waals surface area contributed by atoms with Crippen LogP contribution in [0.1, 0.15) is 11.7 Å². The standard InChI is InChI=1S/C10H11FN2O6/c1-19-10(16)9(15)8(14)4-2-7(13(17)18)6(12)3-5(4)11/h2-3,8-9,14-15H,12H2,1H3. The number of aliphatic hydroxyl groups is 2. The van der Waals surface area contributed by atoms with E-state index in [1.165, 1.54) is 0 Å².